The molecule has 1 aromatic carbocycles. The third-order valence-electron chi connectivity index (χ3n) is 3.65. The molecule has 0 spiro atoms. The number of hydrogen-bond donors (Lipinski definition) is 1. The maximum atomic E-state index is 13.3. The fourth-order valence-corrected chi connectivity index (χ4v) is 2.55. The summed E-state index contributed by atoms with van der Waals surface area (Å²) >= 11 is 0. The second-order valence-corrected chi connectivity index (χ2v) is 5.39. The molecular weight excluding hydrogens is 318 g/mol. The lowest BCUT2D eigenvalue weighted by molar-refractivity contribution is 0.0696. The maximum absolute atomic E-state index is 13.3. The Kier molecular flexibility index (Phi) is 3.84. The number of fused-ring (bicyclic) bond motifs is 1. The van der Waals surface area contributed by atoms with Gasteiger partial charge in [-0.25, -0.2) is 13.6 Å². The number of hydrogen-bond acceptors (Lipinski definition) is 3. The average Bonchev–Trinajstić information content (AvgIpc) is 2.48. The van der Waals surface area contributed by atoms with E-state index in [1.165, 1.54) is 16.8 Å². The molecule has 24 heavy (non-hydrogen) atoms. The molecule has 0 amide bonds. The zero-order valence-electron chi connectivity index (χ0n) is 12.6. The van der Waals surface area contributed by atoms with Gasteiger partial charge < -0.3 is 9.67 Å². The molecule has 0 aliphatic rings. The quantitative estimate of drug-likeness (QED) is 0.801. The fraction of sp³-hybridized carbons (Fsp3) is 0.118. The maximum Gasteiger partial charge on any atom is 0.337 e. The zero-order chi connectivity index (χ0) is 17.4. The highest BCUT2D eigenvalue weighted by molar-refractivity contribution is 5.93. The first-order chi connectivity index (χ1) is 11.3. The SMILES string of the molecule is Cc1nc2ccn(Cc3cc(F)cc(F)c3)c(=O)c2cc1C(=O)O. The molecule has 0 aliphatic heterocycles. The number of nitrogens with zero attached hydrogens (tertiary/aromatic N) is 2. The van der Waals surface area contributed by atoms with Crippen molar-refractivity contribution in [1.29, 1.82) is 0 Å². The van der Waals surface area contributed by atoms with Crippen LogP contribution in [0.15, 0.2) is 41.3 Å². The van der Waals surface area contributed by atoms with E-state index in [1.807, 2.05) is 0 Å². The second-order valence-electron chi connectivity index (χ2n) is 5.39. The van der Waals surface area contributed by atoms with E-state index >= 15 is 0 Å². The van der Waals surface area contributed by atoms with E-state index in [2.05, 4.69) is 4.98 Å². The zero-order valence-corrected chi connectivity index (χ0v) is 12.6. The van der Waals surface area contributed by atoms with Gasteiger partial charge in [0.25, 0.3) is 5.56 Å². The van der Waals surface area contributed by atoms with E-state index in [1.54, 1.807) is 13.0 Å². The van der Waals surface area contributed by atoms with Crippen LogP contribution in [-0.4, -0.2) is 20.6 Å². The highest BCUT2D eigenvalue weighted by Gasteiger charge is 2.13. The fourth-order valence-electron chi connectivity index (χ4n) is 2.55. The Hall–Kier alpha value is -3.09. The van der Waals surface area contributed by atoms with Crippen molar-refractivity contribution in [3.05, 3.63) is 75.3 Å². The van der Waals surface area contributed by atoms with E-state index in [-0.39, 0.29) is 23.1 Å². The van der Waals surface area contributed by atoms with Gasteiger partial charge in [-0.3, -0.25) is 9.78 Å². The highest BCUT2D eigenvalue weighted by Crippen LogP contribution is 2.14. The summed E-state index contributed by atoms with van der Waals surface area (Å²) in [5, 5.41) is 9.29. The molecule has 0 fully saturated rings. The molecule has 2 heterocycles. The van der Waals surface area contributed by atoms with E-state index in [0.29, 0.717) is 11.2 Å². The lowest BCUT2D eigenvalue weighted by atomic mass is 10.1. The normalized spacial score (nSPS) is 11.0. The molecule has 3 aromatic rings. The van der Waals surface area contributed by atoms with Crippen molar-refractivity contribution in [2.24, 2.45) is 0 Å². The number of aryl methyl sites for hydroxylation is 1. The van der Waals surface area contributed by atoms with Gasteiger partial charge in [-0.1, -0.05) is 0 Å². The van der Waals surface area contributed by atoms with Gasteiger partial charge in [-0.05, 0) is 36.8 Å². The van der Waals surface area contributed by atoms with Crippen LogP contribution in [0.5, 0.6) is 0 Å². The van der Waals surface area contributed by atoms with E-state index in [4.69, 9.17) is 5.11 Å². The molecule has 0 atom stereocenters. The Morgan fingerprint density at radius 2 is 1.88 bits per heavy atom. The molecule has 0 saturated heterocycles. The molecule has 5 nitrogen and oxygen atoms in total. The molecule has 122 valence electrons. The number of aromatic carboxylic acids is 1. The van der Waals surface area contributed by atoms with Gasteiger partial charge in [0.05, 0.1) is 28.7 Å². The molecule has 2 aromatic heterocycles. The molecule has 0 radical (unpaired) electrons. The molecule has 0 bridgehead atoms. The summed E-state index contributed by atoms with van der Waals surface area (Å²) < 4.78 is 27.8. The lowest BCUT2D eigenvalue weighted by Crippen LogP contribution is -2.21. The van der Waals surface area contributed by atoms with Crippen molar-refractivity contribution in [2.75, 3.05) is 0 Å². The molecule has 1 N–H and O–H groups in total. The number of benzene rings is 1. The Labute approximate surface area is 134 Å². The Bertz CT molecular complexity index is 1010. The summed E-state index contributed by atoms with van der Waals surface area (Å²) in [6.45, 7) is 1.50. The minimum Gasteiger partial charge on any atom is -0.478 e. The van der Waals surface area contributed by atoms with Crippen LogP contribution in [0.2, 0.25) is 0 Å². The summed E-state index contributed by atoms with van der Waals surface area (Å²) in [7, 11) is 0. The van der Waals surface area contributed by atoms with E-state index in [9.17, 15) is 18.4 Å². The van der Waals surface area contributed by atoms with Crippen LogP contribution in [0.4, 0.5) is 8.78 Å². The van der Waals surface area contributed by atoms with E-state index < -0.39 is 23.2 Å². The first-order valence-electron chi connectivity index (χ1n) is 7.04. The van der Waals surface area contributed by atoms with Crippen LogP contribution < -0.4 is 5.56 Å². The average molecular weight is 330 g/mol. The van der Waals surface area contributed by atoms with Crippen molar-refractivity contribution in [2.45, 2.75) is 13.5 Å². The van der Waals surface area contributed by atoms with Crippen molar-refractivity contribution >= 4 is 16.9 Å². The number of pyridine rings is 2. The molecular formula is C17H12F2N2O3. The number of rotatable bonds is 3. The molecule has 0 aliphatic carbocycles. The first-order valence-corrected chi connectivity index (χ1v) is 7.04. The first kappa shape index (κ1) is 15.8. The third-order valence-corrected chi connectivity index (χ3v) is 3.65. The van der Waals surface area contributed by atoms with Gasteiger partial charge in [-0.2, -0.15) is 0 Å². The van der Waals surface area contributed by atoms with Gasteiger partial charge in [-0.15, -0.1) is 0 Å². The van der Waals surface area contributed by atoms with Crippen LogP contribution in [-0.2, 0) is 6.54 Å². The van der Waals surface area contributed by atoms with Crippen molar-refractivity contribution in [1.82, 2.24) is 9.55 Å². The van der Waals surface area contributed by atoms with Crippen molar-refractivity contribution < 1.29 is 18.7 Å². The third kappa shape index (κ3) is 2.88. The Balaban J connectivity index is 2.12. The van der Waals surface area contributed by atoms with Crippen LogP contribution >= 0.6 is 0 Å². The Morgan fingerprint density at radius 3 is 2.50 bits per heavy atom. The van der Waals surface area contributed by atoms with Crippen LogP contribution in [0, 0.1) is 18.6 Å². The Morgan fingerprint density at radius 1 is 1.21 bits per heavy atom. The second kappa shape index (κ2) is 5.84. The highest BCUT2D eigenvalue weighted by atomic mass is 19.1. The largest absolute Gasteiger partial charge is 0.478 e. The van der Waals surface area contributed by atoms with Crippen LogP contribution in [0.25, 0.3) is 10.9 Å². The predicted octanol–water partition coefficient (Wildman–Crippen LogP) is 2.73. The van der Waals surface area contributed by atoms with E-state index in [0.717, 1.165) is 18.2 Å². The number of halogens is 2. The van der Waals surface area contributed by atoms with Crippen molar-refractivity contribution in [3.8, 4) is 0 Å². The summed E-state index contributed by atoms with van der Waals surface area (Å²) in [6.07, 6.45) is 1.46. The number of carbonyl (C=O) groups is 1. The smallest absolute Gasteiger partial charge is 0.337 e. The van der Waals surface area contributed by atoms with Crippen molar-refractivity contribution in [3.63, 3.8) is 0 Å². The summed E-state index contributed by atoms with van der Waals surface area (Å²) in [5.41, 5.74) is 0.414. The monoisotopic (exact) mass is 330 g/mol. The molecule has 0 unspecified atom stereocenters. The standard InChI is InChI=1S/C17H12F2N2O3/c1-9-13(17(23)24)7-14-15(20-9)2-3-21(16(14)22)8-10-4-11(18)6-12(19)5-10/h2-7H,8H2,1H3,(H,23,24). The number of carboxylic acid groups (broad SMARTS) is 1. The topological polar surface area (TPSA) is 72.2 Å². The molecule has 7 heteroatoms. The summed E-state index contributed by atoms with van der Waals surface area (Å²) in [4.78, 5) is 27.8. The van der Waals surface area contributed by atoms with Crippen LogP contribution in [0.1, 0.15) is 21.6 Å². The molecule has 0 saturated carbocycles. The number of aromatic nitrogens is 2. The predicted molar refractivity (Wildman–Crippen MR) is 83.2 cm³/mol. The minimum absolute atomic E-state index is 0.0419. The van der Waals surface area contributed by atoms with Gasteiger partial charge in [0.2, 0.25) is 0 Å². The number of carboxylic acids is 1. The minimum atomic E-state index is -1.18. The molecule has 3 rings (SSSR count). The summed E-state index contributed by atoms with van der Waals surface area (Å²) in [5.74, 6) is -2.64. The van der Waals surface area contributed by atoms with Gasteiger partial charge in [0.1, 0.15) is 11.6 Å². The van der Waals surface area contributed by atoms with Gasteiger partial charge in [0, 0.05) is 12.3 Å². The summed E-state index contributed by atoms with van der Waals surface area (Å²) in [6, 6.07) is 5.85. The lowest BCUT2D eigenvalue weighted by Gasteiger charge is -2.09. The van der Waals surface area contributed by atoms with Crippen LogP contribution in [0.3, 0.4) is 0 Å². The van der Waals surface area contributed by atoms with Gasteiger partial charge >= 0.3 is 5.97 Å². The van der Waals surface area contributed by atoms with Gasteiger partial charge in [0.15, 0.2) is 0 Å².